The molecule has 0 saturated carbocycles. The van der Waals surface area contributed by atoms with Gasteiger partial charge in [-0.15, -0.1) is 0 Å². The number of carbonyl (C=O) groups is 1. The zero-order valence-corrected chi connectivity index (χ0v) is 13.3. The zero-order valence-electron chi connectivity index (χ0n) is 13.3. The van der Waals surface area contributed by atoms with Gasteiger partial charge in [-0.05, 0) is 12.5 Å². The van der Waals surface area contributed by atoms with E-state index >= 15 is 0 Å². The lowest BCUT2D eigenvalue weighted by Crippen LogP contribution is -2.38. The molecule has 1 atom stereocenters. The van der Waals surface area contributed by atoms with Crippen molar-refractivity contribution >= 4 is 5.91 Å². The summed E-state index contributed by atoms with van der Waals surface area (Å²) in [7, 11) is 0. The molecule has 0 radical (unpaired) electrons. The van der Waals surface area contributed by atoms with E-state index in [1.807, 2.05) is 60.7 Å². The lowest BCUT2D eigenvalue weighted by Gasteiger charge is -2.24. The normalized spacial score (nSPS) is 13.2. The Kier molecular flexibility index (Phi) is 4.44. The molecule has 1 amide bonds. The van der Waals surface area contributed by atoms with Crippen LogP contribution in [-0.2, 0) is 5.60 Å². The highest BCUT2D eigenvalue weighted by molar-refractivity contribution is 5.99. The second-order valence-electron chi connectivity index (χ2n) is 5.76. The third-order valence-electron chi connectivity index (χ3n) is 3.84. The standard InChI is InChI=1S/C19H18N2O3/c1-19(23,15-10-6-3-7-11-15)13-20-18(22)16-12-21-24-17(16)14-8-4-2-5-9-14/h2-12,23H,13H2,1H3,(H,20,22). The number of nitrogens with zero attached hydrogens (tertiary/aromatic N) is 1. The molecule has 0 bridgehead atoms. The summed E-state index contributed by atoms with van der Waals surface area (Å²) in [6.07, 6.45) is 1.38. The van der Waals surface area contributed by atoms with E-state index in [9.17, 15) is 9.90 Å². The van der Waals surface area contributed by atoms with Crippen molar-refractivity contribution in [2.75, 3.05) is 6.54 Å². The fraction of sp³-hybridized carbons (Fsp3) is 0.158. The van der Waals surface area contributed by atoms with Crippen molar-refractivity contribution in [1.82, 2.24) is 10.5 Å². The number of benzene rings is 2. The van der Waals surface area contributed by atoms with Crippen molar-refractivity contribution in [3.63, 3.8) is 0 Å². The van der Waals surface area contributed by atoms with Gasteiger partial charge in [0.1, 0.15) is 11.2 Å². The number of nitrogens with one attached hydrogen (secondary N) is 1. The van der Waals surface area contributed by atoms with E-state index < -0.39 is 5.60 Å². The Morgan fingerprint density at radius 1 is 1.12 bits per heavy atom. The van der Waals surface area contributed by atoms with Gasteiger partial charge in [-0.3, -0.25) is 4.79 Å². The van der Waals surface area contributed by atoms with Gasteiger partial charge < -0.3 is 14.9 Å². The number of hydrogen-bond acceptors (Lipinski definition) is 4. The summed E-state index contributed by atoms with van der Waals surface area (Å²) in [5, 5.41) is 17.0. The summed E-state index contributed by atoms with van der Waals surface area (Å²) in [5.41, 5.74) is 0.681. The molecule has 1 heterocycles. The van der Waals surface area contributed by atoms with E-state index in [4.69, 9.17) is 4.52 Å². The van der Waals surface area contributed by atoms with E-state index in [2.05, 4.69) is 10.5 Å². The van der Waals surface area contributed by atoms with Gasteiger partial charge in [0.15, 0.2) is 5.76 Å². The smallest absolute Gasteiger partial charge is 0.257 e. The number of rotatable bonds is 5. The average Bonchev–Trinajstić information content (AvgIpc) is 3.11. The first-order valence-corrected chi connectivity index (χ1v) is 7.64. The lowest BCUT2D eigenvalue weighted by atomic mass is 9.96. The minimum atomic E-state index is -1.17. The van der Waals surface area contributed by atoms with Crippen molar-refractivity contribution in [3.05, 3.63) is 78.0 Å². The lowest BCUT2D eigenvalue weighted by molar-refractivity contribution is 0.0526. The van der Waals surface area contributed by atoms with E-state index in [0.717, 1.165) is 11.1 Å². The molecule has 5 nitrogen and oxygen atoms in total. The van der Waals surface area contributed by atoms with Crippen molar-refractivity contribution < 1.29 is 14.4 Å². The summed E-state index contributed by atoms with van der Waals surface area (Å²) in [4.78, 5) is 12.5. The zero-order chi connectivity index (χ0) is 17.0. The molecule has 0 saturated heterocycles. The van der Waals surface area contributed by atoms with Crippen LogP contribution in [-0.4, -0.2) is 22.7 Å². The van der Waals surface area contributed by atoms with Crippen molar-refractivity contribution in [3.8, 4) is 11.3 Å². The first-order chi connectivity index (χ1) is 11.6. The number of hydrogen-bond donors (Lipinski definition) is 2. The summed E-state index contributed by atoms with van der Waals surface area (Å²) in [6, 6.07) is 18.5. The van der Waals surface area contributed by atoms with E-state index in [1.165, 1.54) is 6.20 Å². The predicted octanol–water partition coefficient (Wildman–Crippen LogP) is 2.98. The molecule has 2 N–H and O–H groups in total. The minimum Gasteiger partial charge on any atom is -0.384 e. The van der Waals surface area contributed by atoms with E-state index in [-0.39, 0.29) is 12.5 Å². The predicted molar refractivity (Wildman–Crippen MR) is 90.3 cm³/mol. The second-order valence-corrected chi connectivity index (χ2v) is 5.76. The largest absolute Gasteiger partial charge is 0.384 e. The molecule has 5 heteroatoms. The number of carbonyl (C=O) groups excluding carboxylic acids is 1. The SMILES string of the molecule is CC(O)(CNC(=O)c1cnoc1-c1ccccc1)c1ccccc1. The molecule has 3 rings (SSSR count). The van der Waals surface area contributed by atoms with Crippen molar-refractivity contribution in [1.29, 1.82) is 0 Å². The molecular formula is C19H18N2O3. The first kappa shape index (κ1) is 16.0. The molecule has 0 aliphatic rings. The molecule has 0 fully saturated rings. The second kappa shape index (κ2) is 6.68. The van der Waals surface area contributed by atoms with Crippen LogP contribution in [0.25, 0.3) is 11.3 Å². The monoisotopic (exact) mass is 322 g/mol. The maximum atomic E-state index is 12.5. The van der Waals surface area contributed by atoms with Gasteiger partial charge in [0, 0.05) is 5.56 Å². The van der Waals surface area contributed by atoms with Gasteiger partial charge in [-0.25, -0.2) is 0 Å². The molecule has 2 aromatic carbocycles. The Hall–Kier alpha value is -2.92. The van der Waals surface area contributed by atoms with Gasteiger partial charge in [-0.2, -0.15) is 0 Å². The highest BCUT2D eigenvalue weighted by atomic mass is 16.5. The molecular weight excluding hydrogens is 304 g/mol. The molecule has 0 aliphatic heterocycles. The van der Waals surface area contributed by atoms with Crippen LogP contribution in [0.4, 0.5) is 0 Å². The molecule has 1 aromatic heterocycles. The third-order valence-corrected chi connectivity index (χ3v) is 3.84. The summed E-state index contributed by atoms with van der Waals surface area (Å²) in [5.74, 6) is 0.0683. The summed E-state index contributed by atoms with van der Waals surface area (Å²) < 4.78 is 5.22. The van der Waals surface area contributed by atoms with Gasteiger partial charge in [0.05, 0.1) is 12.7 Å². The third kappa shape index (κ3) is 3.36. The number of aromatic nitrogens is 1. The molecule has 1 unspecified atom stereocenters. The Morgan fingerprint density at radius 2 is 1.75 bits per heavy atom. The molecule has 3 aromatic rings. The molecule has 0 aliphatic carbocycles. The summed E-state index contributed by atoms with van der Waals surface area (Å²) in [6.45, 7) is 1.74. The highest BCUT2D eigenvalue weighted by Crippen LogP contribution is 2.24. The van der Waals surface area contributed by atoms with Crippen molar-refractivity contribution in [2.45, 2.75) is 12.5 Å². The number of aliphatic hydroxyl groups is 1. The maximum absolute atomic E-state index is 12.5. The fourth-order valence-corrected chi connectivity index (χ4v) is 2.45. The molecule has 24 heavy (non-hydrogen) atoms. The van der Waals surface area contributed by atoms with Crippen LogP contribution in [0.5, 0.6) is 0 Å². The highest BCUT2D eigenvalue weighted by Gasteiger charge is 2.25. The van der Waals surface area contributed by atoms with Crippen LogP contribution in [0.3, 0.4) is 0 Å². The fourth-order valence-electron chi connectivity index (χ4n) is 2.45. The van der Waals surface area contributed by atoms with Gasteiger partial charge in [0.2, 0.25) is 0 Å². The van der Waals surface area contributed by atoms with Crippen LogP contribution in [0, 0.1) is 0 Å². The molecule has 122 valence electrons. The van der Waals surface area contributed by atoms with Crippen LogP contribution in [0.1, 0.15) is 22.8 Å². The van der Waals surface area contributed by atoms with Crippen LogP contribution in [0.2, 0.25) is 0 Å². The molecule has 0 spiro atoms. The Morgan fingerprint density at radius 3 is 2.42 bits per heavy atom. The first-order valence-electron chi connectivity index (χ1n) is 7.64. The quantitative estimate of drug-likeness (QED) is 0.757. The number of amides is 1. The van der Waals surface area contributed by atoms with Gasteiger partial charge in [-0.1, -0.05) is 65.8 Å². The van der Waals surface area contributed by atoms with E-state index in [1.54, 1.807) is 6.92 Å². The summed E-state index contributed by atoms with van der Waals surface area (Å²) >= 11 is 0. The topological polar surface area (TPSA) is 75.4 Å². The minimum absolute atomic E-state index is 0.0786. The average molecular weight is 322 g/mol. The Bertz CT molecular complexity index is 811. The van der Waals surface area contributed by atoms with Crippen LogP contribution < -0.4 is 5.32 Å². The Labute approximate surface area is 139 Å². The van der Waals surface area contributed by atoms with E-state index in [0.29, 0.717) is 11.3 Å². The van der Waals surface area contributed by atoms with Crippen molar-refractivity contribution in [2.24, 2.45) is 0 Å². The van der Waals surface area contributed by atoms with Gasteiger partial charge >= 0.3 is 0 Å². The Balaban J connectivity index is 1.74. The maximum Gasteiger partial charge on any atom is 0.257 e. The van der Waals surface area contributed by atoms with Crippen LogP contribution in [0.15, 0.2) is 71.4 Å². The van der Waals surface area contributed by atoms with Crippen LogP contribution >= 0.6 is 0 Å². The van der Waals surface area contributed by atoms with Gasteiger partial charge in [0.25, 0.3) is 5.91 Å².